The van der Waals surface area contributed by atoms with E-state index < -0.39 is 0 Å². The molecule has 1 aliphatic heterocycles. The summed E-state index contributed by atoms with van der Waals surface area (Å²) in [6, 6.07) is 8.17. The van der Waals surface area contributed by atoms with Gasteiger partial charge in [-0.3, -0.25) is 4.79 Å². The number of nitrogens with zero attached hydrogens (tertiary/aromatic N) is 1. The van der Waals surface area contributed by atoms with Crippen LogP contribution in [0, 0.1) is 5.92 Å². The smallest absolute Gasteiger partial charge is 0.141 e. The minimum absolute atomic E-state index is 0.0336. The third-order valence-corrected chi connectivity index (χ3v) is 3.97. The summed E-state index contributed by atoms with van der Waals surface area (Å²) >= 11 is 3.54. The number of benzene rings is 1. The summed E-state index contributed by atoms with van der Waals surface area (Å²) in [5.41, 5.74) is 1.24. The normalized spacial score (nSPS) is 20.4. The van der Waals surface area contributed by atoms with E-state index in [0.717, 1.165) is 17.6 Å². The summed E-state index contributed by atoms with van der Waals surface area (Å²) in [5.74, 6) is 0.367. The van der Waals surface area contributed by atoms with Gasteiger partial charge in [0, 0.05) is 24.0 Å². The van der Waals surface area contributed by atoms with Crippen LogP contribution in [0.25, 0.3) is 0 Å². The van der Waals surface area contributed by atoms with Gasteiger partial charge in [0.25, 0.3) is 0 Å². The summed E-state index contributed by atoms with van der Waals surface area (Å²) in [6.45, 7) is 2.76. The van der Waals surface area contributed by atoms with E-state index >= 15 is 0 Å². The number of carbonyl (C=O) groups excluding carboxylic acids is 1. The van der Waals surface area contributed by atoms with Gasteiger partial charge in [-0.2, -0.15) is 0 Å². The van der Waals surface area contributed by atoms with Crippen molar-refractivity contribution in [2.75, 3.05) is 26.8 Å². The highest BCUT2D eigenvalue weighted by Gasteiger charge is 2.24. The van der Waals surface area contributed by atoms with Crippen LogP contribution < -0.4 is 0 Å². The van der Waals surface area contributed by atoms with Crippen LogP contribution in [0.1, 0.15) is 12.0 Å². The zero-order valence-corrected chi connectivity index (χ0v) is 12.1. The standard InChI is InChI=1S/C14H18BrNO2/c1-16(8-11-4-2-3-5-13(11)15)9-12-10-18-7-6-14(12)17/h2-5,12H,6-10H2,1H3. The summed E-state index contributed by atoms with van der Waals surface area (Å²) in [6.07, 6.45) is 0.563. The van der Waals surface area contributed by atoms with E-state index in [2.05, 4.69) is 26.9 Å². The molecule has 1 aromatic carbocycles. The maximum atomic E-state index is 11.7. The van der Waals surface area contributed by atoms with Gasteiger partial charge < -0.3 is 9.64 Å². The molecule has 1 unspecified atom stereocenters. The molecule has 0 saturated carbocycles. The molecule has 1 aliphatic rings. The first kappa shape index (κ1) is 13.7. The van der Waals surface area contributed by atoms with Gasteiger partial charge in [-0.25, -0.2) is 0 Å². The monoisotopic (exact) mass is 311 g/mol. The Morgan fingerprint density at radius 2 is 2.22 bits per heavy atom. The number of ether oxygens (including phenoxy) is 1. The molecule has 0 N–H and O–H groups in total. The SMILES string of the molecule is CN(Cc1ccccc1Br)CC1COCCC1=O. The number of hydrogen-bond acceptors (Lipinski definition) is 3. The van der Waals surface area contributed by atoms with Crippen LogP contribution in [-0.4, -0.2) is 37.5 Å². The first-order valence-corrected chi connectivity index (χ1v) is 6.98. The van der Waals surface area contributed by atoms with Crippen molar-refractivity contribution in [2.45, 2.75) is 13.0 Å². The van der Waals surface area contributed by atoms with Crippen molar-refractivity contribution in [1.82, 2.24) is 4.90 Å². The van der Waals surface area contributed by atoms with E-state index in [1.807, 2.05) is 25.2 Å². The zero-order valence-electron chi connectivity index (χ0n) is 10.6. The van der Waals surface area contributed by atoms with Gasteiger partial charge in [-0.05, 0) is 18.7 Å². The molecule has 0 radical (unpaired) electrons. The van der Waals surface area contributed by atoms with E-state index in [1.54, 1.807) is 0 Å². The Bertz CT molecular complexity index is 422. The van der Waals surface area contributed by atoms with Gasteiger partial charge in [0.05, 0.1) is 19.1 Å². The van der Waals surface area contributed by atoms with Crippen LogP contribution in [0.4, 0.5) is 0 Å². The Labute approximate surface area is 116 Å². The lowest BCUT2D eigenvalue weighted by Crippen LogP contribution is -2.36. The van der Waals surface area contributed by atoms with Gasteiger partial charge in [0.15, 0.2) is 0 Å². The second-order valence-electron chi connectivity index (χ2n) is 4.78. The van der Waals surface area contributed by atoms with Crippen molar-refractivity contribution < 1.29 is 9.53 Å². The molecule has 1 atom stereocenters. The second-order valence-corrected chi connectivity index (χ2v) is 5.63. The van der Waals surface area contributed by atoms with Crippen molar-refractivity contribution in [3.63, 3.8) is 0 Å². The number of halogens is 1. The maximum Gasteiger partial charge on any atom is 0.141 e. The van der Waals surface area contributed by atoms with Crippen LogP contribution >= 0.6 is 15.9 Å². The number of ketones is 1. The number of Topliss-reactive ketones (excluding diaryl/α,β-unsaturated/α-hetero) is 1. The first-order chi connectivity index (χ1) is 8.66. The molecule has 1 fully saturated rings. The van der Waals surface area contributed by atoms with Gasteiger partial charge in [0.2, 0.25) is 0 Å². The van der Waals surface area contributed by atoms with Crippen molar-refractivity contribution in [3.05, 3.63) is 34.3 Å². The largest absolute Gasteiger partial charge is 0.380 e. The van der Waals surface area contributed by atoms with Gasteiger partial charge >= 0.3 is 0 Å². The molecule has 4 heteroatoms. The minimum atomic E-state index is 0.0336. The number of hydrogen-bond donors (Lipinski definition) is 0. The molecule has 1 heterocycles. The third kappa shape index (κ3) is 3.64. The Morgan fingerprint density at radius 1 is 1.44 bits per heavy atom. The average molecular weight is 312 g/mol. The van der Waals surface area contributed by atoms with Crippen LogP contribution in [0.2, 0.25) is 0 Å². The van der Waals surface area contributed by atoms with Crippen molar-refractivity contribution >= 4 is 21.7 Å². The molecule has 3 nitrogen and oxygen atoms in total. The van der Waals surface area contributed by atoms with Gasteiger partial charge in [-0.1, -0.05) is 34.1 Å². The molecule has 0 aliphatic carbocycles. The molecule has 0 amide bonds. The molecule has 0 aromatic heterocycles. The van der Waals surface area contributed by atoms with E-state index in [-0.39, 0.29) is 5.92 Å². The molecule has 0 spiro atoms. The van der Waals surface area contributed by atoms with Crippen molar-refractivity contribution in [2.24, 2.45) is 5.92 Å². The molecule has 98 valence electrons. The Kier molecular flexibility index (Phi) is 4.92. The fourth-order valence-corrected chi connectivity index (χ4v) is 2.62. The zero-order chi connectivity index (χ0) is 13.0. The average Bonchev–Trinajstić information content (AvgIpc) is 2.35. The molecular formula is C14H18BrNO2. The Morgan fingerprint density at radius 3 is 2.94 bits per heavy atom. The second kappa shape index (κ2) is 6.45. The lowest BCUT2D eigenvalue weighted by Gasteiger charge is -2.26. The molecule has 2 rings (SSSR count). The van der Waals surface area contributed by atoms with Crippen LogP contribution in [-0.2, 0) is 16.1 Å². The Balaban J connectivity index is 1.90. The minimum Gasteiger partial charge on any atom is -0.380 e. The quantitative estimate of drug-likeness (QED) is 0.855. The highest BCUT2D eigenvalue weighted by Crippen LogP contribution is 2.18. The predicted octanol–water partition coefficient (Wildman–Crippen LogP) is 2.49. The number of rotatable bonds is 4. The molecule has 1 aromatic rings. The third-order valence-electron chi connectivity index (χ3n) is 3.20. The summed E-state index contributed by atoms with van der Waals surface area (Å²) in [4.78, 5) is 13.9. The molecule has 1 saturated heterocycles. The van der Waals surface area contributed by atoms with Crippen LogP contribution in [0.5, 0.6) is 0 Å². The van der Waals surface area contributed by atoms with E-state index in [0.29, 0.717) is 25.4 Å². The molecule has 0 bridgehead atoms. The van der Waals surface area contributed by atoms with Gasteiger partial charge in [0.1, 0.15) is 5.78 Å². The predicted molar refractivity (Wildman–Crippen MR) is 74.4 cm³/mol. The Hall–Kier alpha value is -0.710. The van der Waals surface area contributed by atoms with Gasteiger partial charge in [-0.15, -0.1) is 0 Å². The lowest BCUT2D eigenvalue weighted by atomic mass is 10.00. The van der Waals surface area contributed by atoms with Crippen molar-refractivity contribution in [1.29, 1.82) is 0 Å². The van der Waals surface area contributed by atoms with Crippen molar-refractivity contribution in [3.8, 4) is 0 Å². The fourth-order valence-electron chi connectivity index (χ4n) is 2.21. The topological polar surface area (TPSA) is 29.5 Å². The summed E-state index contributed by atoms with van der Waals surface area (Å²) in [5, 5.41) is 0. The summed E-state index contributed by atoms with van der Waals surface area (Å²) in [7, 11) is 2.04. The van der Waals surface area contributed by atoms with E-state index in [1.165, 1.54) is 5.56 Å². The maximum absolute atomic E-state index is 11.7. The van der Waals surface area contributed by atoms with E-state index in [9.17, 15) is 4.79 Å². The summed E-state index contributed by atoms with van der Waals surface area (Å²) < 4.78 is 6.48. The molecular weight excluding hydrogens is 294 g/mol. The number of carbonyl (C=O) groups is 1. The lowest BCUT2D eigenvalue weighted by molar-refractivity contribution is -0.131. The first-order valence-electron chi connectivity index (χ1n) is 6.19. The van der Waals surface area contributed by atoms with Crippen LogP contribution in [0.15, 0.2) is 28.7 Å². The van der Waals surface area contributed by atoms with Crippen LogP contribution in [0.3, 0.4) is 0 Å². The van der Waals surface area contributed by atoms with E-state index in [4.69, 9.17) is 4.74 Å². The molecule has 18 heavy (non-hydrogen) atoms. The highest BCUT2D eigenvalue weighted by molar-refractivity contribution is 9.10. The highest BCUT2D eigenvalue weighted by atomic mass is 79.9. The fraction of sp³-hybridized carbons (Fsp3) is 0.500.